The Kier molecular flexibility index (Phi) is 1.98. The van der Waals surface area contributed by atoms with Crippen LogP contribution in [0.3, 0.4) is 0 Å². The summed E-state index contributed by atoms with van der Waals surface area (Å²) in [5, 5.41) is 4.07. The molecule has 0 N–H and O–H groups in total. The van der Waals surface area contributed by atoms with E-state index in [1.165, 1.54) is 0 Å². The van der Waals surface area contributed by atoms with Crippen LogP contribution in [0, 0.1) is 0 Å². The summed E-state index contributed by atoms with van der Waals surface area (Å²) in [4.78, 5) is 8.40. The first-order valence-electron chi connectivity index (χ1n) is 4.79. The van der Waals surface area contributed by atoms with E-state index in [9.17, 15) is 0 Å². The first-order valence-corrected chi connectivity index (χ1v) is 4.79. The Labute approximate surface area is 83.0 Å². The summed E-state index contributed by atoms with van der Waals surface area (Å²) in [5.41, 5.74) is 2.16. The van der Waals surface area contributed by atoms with E-state index < -0.39 is 0 Å². The molecule has 2 aromatic rings. The van der Waals surface area contributed by atoms with E-state index in [-0.39, 0.29) is 5.41 Å². The number of fused-ring (bicyclic) bond motifs is 1. The molecule has 0 atom stereocenters. The van der Waals surface area contributed by atoms with Crippen molar-refractivity contribution >= 4 is 5.65 Å². The fraction of sp³-hybridized carbons (Fsp3) is 0.500. The summed E-state index contributed by atoms with van der Waals surface area (Å²) in [5.74, 6) is 0. The molecule has 0 aliphatic rings. The molecule has 0 aliphatic heterocycles. The average Bonchev–Trinajstić information content (AvgIpc) is 2.64. The standard InChI is InChI=1S/C10H14N4/c1-4-10(2,3)8-5-11-7-14-9(8)12-6-13-14/h5-7H,4H2,1-3H3. The van der Waals surface area contributed by atoms with Crippen molar-refractivity contribution < 1.29 is 0 Å². The second-order valence-corrected chi connectivity index (χ2v) is 4.07. The molecule has 2 aromatic heterocycles. The molecule has 0 saturated carbocycles. The van der Waals surface area contributed by atoms with Gasteiger partial charge in [-0.2, -0.15) is 5.10 Å². The number of rotatable bonds is 2. The summed E-state index contributed by atoms with van der Waals surface area (Å²) in [6.45, 7) is 6.55. The maximum Gasteiger partial charge on any atom is 0.162 e. The SMILES string of the molecule is CCC(C)(C)c1cncn2ncnc12. The summed E-state index contributed by atoms with van der Waals surface area (Å²) in [6, 6.07) is 0. The van der Waals surface area contributed by atoms with Crippen LogP contribution in [0.4, 0.5) is 0 Å². The smallest absolute Gasteiger partial charge is 0.162 e. The normalized spacial score (nSPS) is 12.2. The monoisotopic (exact) mass is 190 g/mol. The average molecular weight is 190 g/mol. The van der Waals surface area contributed by atoms with Gasteiger partial charge in [0, 0.05) is 11.8 Å². The van der Waals surface area contributed by atoms with Crippen LogP contribution in [-0.4, -0.2) is 19.6 Å². The Morgan fingerprint density at radius 2 is 2.21 bits per heavy atom. The highest BCUT2D eigenvalue weighted by Crippen LogP contribution is 2.28. The molecule has 0 unspecified atom stereocenters. The lowest BCUT2D eigenvalue weighted by Gasteiger charge is -2.22. The lowest BCUT2D eigenvalue weighted by Crippen LogP contribution is -2.17. The summed E-state index contributed by atoms with van der Waals surface area (Å²) in [7, 11) is 0. The van der Waals surface area contributed by atoms with Crippen LogP contribution >= 0.6 is 0 Å². The van der Waals surface area contributed by atoms with Gasteiger partial charge < -0.3 is 0 Å². The molecule has 0 amide bonds. The van der Waals surface area contributed by atoms with Crippen molar-refractivity contribution in [3.05, 3.63) is 24.4 Å². The van der Waals surface area contributed by atoms with Gasteiger partial charge in [-0.1, -0.05) is 20.8 Å². The van der Waals surface area contributed by atoms with Gasteiger partial charge in [0.15, 0.2) is 5.65 Å². The molecule has 0 spiro atoms. The van der Waals surface area contributed by atoms with Crippen molar-refractivity contribution in [1.29, 1.82) is 0 Å². The third kappa shape index (κ3) is 1.27. The van der Waals surface area contributed by atoms with Gasteiger partial charge in [-0.15, -0.1) is 0 Å². The molecule has 4 nitrogen and oxygen atoms in total. The van der Waals surface area contributed by atoms with Crippen molar-refractivity contribution in [3.8, 4) is 0 Å². The zero-order valence-corrected chi connectivity index (χ0v) is 8.73. The van der Waals surface area contributed by atoms with Gasteiger partial charge in [0.05, 0.1) is 0 Å². The maximum absolute atomic E-state index is 4.24. The van der Waals surface area contributed by atoms with Crippen LogP contribution in [0.2, 0.25) is 0 Å². The minimum atomic E-state index is 0.0997. The van der Waals surface area contributed by atoms with Gasteiger partial charge in [-0.3, -0.25) is 0 Å². The highest BCUT2D eigenvalue weighted by Gasteiger charge is 2.22. The van der Waals surface area contributed by atoms with E-state index in [1.54, 1.807) is 17.2 Å². The van der Waals surface area contributed by atoms with E-state index in [1.807, 2.05) is 6.20 Å². The molecule has 0 fully saturated rings. The van der Waals surface area contributed by atoms with Crippen LogP contribution in [0.15, 0.2) is 18.9 Å². The Balaban J connectivity index is 2.67. The largest absolute Gasteiger partial charge is 0.244 e. The molecular weight excluding hydrogens is 176 g/mol. The van der Waals surface area contributed by atoms with Gasteiger partial charge in [0.2, 0.25) is 0 Å². The molecule has 0 aliphatic carbocycles. The van der Waals surface area contributed by atoms with Gasteiger partial charge in [0.1, 0.15) is 12.7 Å². The van der Waals surface area contributed by atoms with Crippen LogP contribution in [0.5, 0.6) is 0 Å². The molecule has 2 rings (SSSR count). The van der Waals surface area contributed by atoms with Gasteiger partial charge >= 0.3 is 0 Å². The fourth-order valence-corrected chi connectivity index (χ4v) is 1.42. The topological polar surface area (TPSA) is 43.1 Å². The molecule has 2 heterocycles. The molecule has 0 aromatic carbocycles. The Morgan fingerprint density at radius 3 is 2.93 bits per heavy atom. The second kappa shape index (κ2) is 3.04. The lowest BCUT2D eigenvalue weighted by atomic mass is 9.83. The number of nitrogens with zero attached hydrogens (tertiary/aromatic N) is 4. The van der Waals surface area contributed by atoms with E-state index in [4.69, 9.17) is 0 Å². The predicted molar refractivity (Wildman–Crippen MR) is 54.1 cm³/mol. The molecule has 4 heteroatoms. The first kappa shape index (κ1) is 9.12. The lowest BCUT2D eigenvalue weighted by molar-refractivity contribution is 0.505. The summed E-state index contributed by atoms with van der Waals surface area (Å²) < 4.78 is 1.72. The quantitative estimate of drug-likeness (QED) is 0.725. The third-order valence-corrected chi connectivity index (χ3v) is 2.81. The Bertz CT molecular complexity index is 444. The number of hydrogen-bond acceptors (Lipinski definition) is 3. The highest BCUT2D eigenvalue weighted by atomic mass is 15.3. The van der Waals surface area contributed by atoms with Crippen LogP contribution < -0.4 is 0 Å². The van der Waals surface area contributed by atoms with Crippen molar-refractivity contribution in [3.63, 3.8) is 0 Å². The fourth-order valence-electron chi connectivity index (χ4n) is 1.42. The highest BCUT2D eigenvalue weighted by molar-refractivity contribution is 5.48. The van der Waals surface area contributed by atoms with Crippen molar-refractivity contribution in [2.75, 3.05) is 0 Å². The summed E-state index contributed by atoms with van der Waals surface area (Å²) in [6.07, 6.45) is 6.18. The zero-order chi connectivity index (χ0) is 10.2. The Morgan fingerprint density at radius 1 is 1.43 bits per heavy atom. The third-order valence-electron chi connectivity index (χ3n) is 2.81. The number of hydrogen-bond donors (Lipinski definition) is 0. The van der Waals surface area contributed by atoms with Gasteiger partial charge in [-0.05, 0) is 11.8 Å². The van der Waals surface area contributed by atoms with Crippen molar-refractivity contribution in [2.45, 2.75) is 32.6 Å². The predicted octanol–water partition coefficient (Wildman–Crippen LogP) is 1.81. The first-order chi connectivity index (χ1) is 6.65. The van der Waals surface area contributed by atoms with Crippen molar-refractivity contribution in [1.82, 2.24) is 19.6 Å². The molecule has 0 bridgehead atoms. The second-order valence-electron chi connectivity index (χ2n) is 4.07. The van der Waals surface area contributed by atoms with E-state index in [0.717, 1.165) is 17.6 Å². The van der Waals surface area contributed by atoms with Crippen molar-refractivity contribution in [2.24, 2.45) is 0 Å². The van der Waals surface area contributed by atoms with E-state index in [2.05, 4.69) is 35.8 Å². The molecule has 0 saturated heterocycles. The molecule has 0 radical (unpaired) electrons. The van der Waals surface area contributed by atoms with Crippen LogP contribution in [0.1, 0.15) is 32.8 Å². The number of aromatic nitrogens is 4. The Hall–Kier alpha value is -1.45. The van der Waals surface area contributed by atoms with E-state index >= 15 is 0 Å². The van der Waals surface area contributed by atoms with Gasteiger partial charge in [0.25, 0.3) is 0 Å². The summed E-state index contributed by atoms with van der Waals surface area (Å²) >= 11 is 0. The zero-order valence-electron chi connectivity index (χ0n) is 8.73. The maximum atomic E-state index is 4.24. The molecule has 14 heavy (non-hydrogen) atoms. The van der Waals surface area contributed by atoms with Crippen LogP contribution in [-0.2, 0) is 5.41 Å². The van der Waals surface area contributed by atoms with Crippen LogP contribution in [0.25, 0.3) is 5.65 Å². The van der Waals surface area contributed by atoms with Gasteiger partial charge in [-0.25, -0.2) is 14.5 Å². The molecule has 74 valence electrons. The molecular formula is C10H14N4. The minimum Gasteiger partial charge on any atom is -0.244 e. The van der Waals surface area contributed by atoms with E-state index in [0.29, 0.717) is 0 Å². The minimum absolute atomic E-state index is 0.0997.